The van der Waals surface area contributed by atoms with Crippen LogP contribution in [0, 0.1) is 39.7 Å². The summed E-state index contributed by atoms with van der Waals surface area (Å²) in [6.45, 7) is 2.20. The number of hydrogen-bond acceptors (Lipinski definition) is 9. The van der Waals surface area contributed by atoms with Crippen LogP contribution in [0.4, 0.5) is 34.4 Å². The molecule has 0 saturated heterocycles. The first-order chi connectivity index (χ1) is 18.0. The fourth-order valence-corrected chi connectivity index (χ4v) is 3.53. The van der Waals surface area contributed by atoms with Crippen LogP contribution in [0.2, 0.25) is 0 Å². The van der Waals surface area contributed by atoms with Crippen LogP contribution >= 0.6 is 0 Å². The highest BCUT2D eigenvalue weighted by Crippen LogP contribution is 2.37. The number of hydrogen-bond donors (Lipinski definition) is 2. The minimum Gasteiger partial charge on any atom is -0.365 e. The second-order valence-corrected chi connectivity index (χ2v) is 7.87. The molecule has 0 aliphatic carbocycles. The molecule has 10 heteroatoms. The molecule has 4 aromatic rings. The van der Waals surface area contributed by atoms with Crippen LogP contribution in [-0.4, -0.2) is 9.91 Å². The first-order valence-corrected chi connectivity index (χ1v) is 11.1. The molecule has 37 heavy (non-hydrogen) atoms. The van der Waals surface area contributed by atoms with Gasteiger partial charge in [0.15, 0.2) is 5.82 Å². The number of nitrogens with zero attached hydrogens (tertiary/aromatic N) is 6. The van der Waals surface area contributed by atoms with E-state index in [0.29, 0.717) is 35.0 Å². The number of aromatic nitrogens is 1. The van der Waals surface area contributed by atoms with Crippen LogP contribution in [-0.2, 0) is 6.54 Å². The third-order valence-corrected chi connectivity index (χ3v) is 5.44. The van der Waals surface area contributed by atoms with Gasteiger partial charge in [-0.1, -0.05) is 48.5 Å². The van der Waals surface area contributed by atoms with Crippen LogP contribution < -0.4 is 10.6 Å². The van der Waals surface area contributed by atoms with Crippen molar-refractivity contribution in [1.82, 2.24) is 4.98 Å². The zero-order valence-corrected chi connectivity index (χ0v) is 19.7. The molecular formula is C27H20N8O2. The van der Waals surface area contributed by atoms with E-state index >= 15 is 0 Å². The molecule has 0 spiro atoms. The molecule has 0 unspecified atom stereocenters. The standard InChI is InChI=1S/C27H20N8O2/c1-18-23(16-29)26(30-17-19-8-4-2-5-9-19)32-27(31-21-10-6-3-7-11-21)25(18)34-33-24-13-12-22(35(36)37)14-20(24)15-28/h2-14H,17H2,1H3,(H2,30,31,32)/b34-33+. The highest BCUT2D eigenvalue weighted by Gasteiger charge is 2.18. The van der Waals surface area contributed by atoms with Gasteiger partial charge < -0.3 is 10.6 Å². The molecule has 10 nitrogen and oxygen atoms in total. The lowest BCUT2D eigenvalue weighted by Gasteiger charge is -2.16. The van der Waals surface area contributed by atoms with Crippen molar-refractivity contribution in [2.75, 3.05) is 10.6 Å². The van der Waals surface area contributed by atoms with Crippen molar-refractivity contribution in [2.24, 2.45) is 10.2 Å². The monoisotopic (exact) mass is 488 g/mol. The van der Waals surface area contributed by atoms with Crippen molar-refractivity contribution in [2.45, 2.75) is 13.5 Å². The Labute approximate surface area is 212 Å². The van der Waals surface area contributed by atoms with E-state index in [1.165, 1.54) is 12.1 Å². The lowest BCUT2D eigenvalue weighted by molar-refractivity contribution is -0.384. The highest BCUT2D eigenvalue weighted by atomic mass is 16.6. The molecule has 180 valence electrons. The number of anilines is 3. The number of non-ortho nitro benzene ring substituents is 1. The molecule has 0 bridgehead atoms. The van der Waals surface area contributed by atoms with Gasteiger partial charge in [-0.05, 0) is 30.7 Å². The minimum atomic E-state index is -0.585. The van der Waals surface area contributed by atoms with Gasteiger partial charge in [0.05, 0.1) is 16.1 Å². The smallest absolute Gasteiger partial charge is 0.270 e. The van der Waals surface area contributed by atoms with Crippen molar-refractivity contribution < 1.29 is 4.92 Å². The molecule has 2 N–H and O–H groups in total. The largest absolute Gasteiger partial charge is 0.365 e. The molecule has 1 aromatic heterocycles. The average Bonchev–Trinajstić information content (AvgIpc) is 2.92. The number of benzene rings is 3. The quantitative estimate of drug-likeness (QED) is 0.157. The lowest BCUT2D eigenvalue weighted by Crippen LogP contribution is -2.07. The van der Waals surface area contributed by atoms with E-state index in [-0.39, 0.29) is 16.9 Å². The summed E-state index contributed by atoms with van der Waals surface area (Å²) in [4.78, 5) is 15.1. The Morgan fingerprint density at radius 1 is 0.946 bits per heavy atom. The maximum Gasteiger partial charge on any atom is 0.270 e. The topological polar surface area (TPSA) is 152 Å². The molecule has 0 fully saturated rings. The van der Waals surface area contributed by atoms with Crippen LogP contribution in [0.25, 0.3) is 0 Å². The zero-order chi connectivity index (χ0) is 26.2. The Hall–Kier alpha value is -5.61. The Balaban J connectivity index is 1.78. The second kappa shape index (κ2) is 11.2. The molecule has 0 amide bonds. The summed E-state index contributed by atoms with van der Waals surface area (Å²) in [7, 11) is 0. The second-order valence-electron chi connectivity index (χ2n) is 7.87. The van der Waals surface area contributed by atoms with Crippen molar-refractivity contribution in [1.29, 1.82) is 10.5 Å². The molecule has 0 atom stereocenters. The maximum atomic E-state index is 11.1. The van der Waals surface area contributed by atoms with Gasteiger partial charge in [-0.25, -0.2) is 4.98 Å². The van der Waals surface area contributed by atoms with Gasteiger partial charge in [-0.15, -0.1) is 10.2 Å². The van der Waals surface area contributed by atoms with E-state index in [9.17, 15) is 20.6 Å². The SMILES string of the molecule is Cc1c(C#N)c(NCc2ccccc2)nc(Nc2ccccc2)c1/N=N/c1ccc([N+](=O)[O-])cc1C#N. The molecule has 0 aliphatic heterocycles. The fraction of sp³-hybridized carbons (Fsp3) is 0.0741. The average molecular weight is 489 g/mol. The summed E-state index contributed by atoms with van der Waals surface area (Å²) >= 11 is 0. The highest BCUT2D eigenvalue weighted by molar-refractivity contribution is 5.77. The van der Waals surface area contributed by atoms with E-state index in [4.69, 9.17) is 0 Å². The number of azo groups is 1. The van der Waals surface area contributed by atoms with Crippen LogP contribution in [0.1, 0.15) is 22.3 Å². The van der Waals surface area contributed by atoms with Gasteiger partial charge in [0.2, 0.25) is 0 Å². The van der Waals surface area contributed by atoms with Crippen molar-refractivity contribution in [3.8, 4) is 12.1 Å². The summed E-state index contributed by atoms with van der Waals surface area (Å²) in [6, 6.07) is 26.9. The van der Waals surface area contributed by atoms with Crippen LogP contribution in [0.5, 0.6) is 0 Å². The van der Waals surface area contributed by atoms with E-state index in [0.717, 1.165) is 17.3 Å². The maximum absolute atomic E-state index is 11.1. The van der Waals surface area contributed by atoms with E-state index < -0.39 is 4.92 Å². The number of nitrogens with one attached hydrogen (secondary N) is 2. The zero-order valence-electron chi connectivity index (χ0n) is 19.7. The van der Waals surface area contributed by atoms with E-state index in [1.54, 1.807) is 6.92 Å². The third kappa shape index (κ3) is 5.73. The third-order valence-electron chi connectivity index (χ3n) is 5.44. The Kier molecular flexibility index (Phi) is 7.43. The predicted octanol–water partition coefficient (Wildman–Crippen LogP) is 6.81. The van der Waals surface area contributed by atoms with Gasteiger partial charge >= 0.3 is 0 Å². The summed E-state index contributed by atoms with van der Waals surface area (Å²) in [6.07, 6.45) is 0. The predicted molar refractivity (Wildman–Crippen MR) is 139 cm³/mol. The first kappa shape index (κ1) is 24.5. The molecular weight excluding hydrogens is 468 g/mol. The number of rotatable bonds is 8. The van der Waals surface area contributed by atoms with Crippen LogP contribution in [0.3, 0.4) is 0 Å². The van der Waals surface area contributed by atoms with Crippen molar-refractivity contribution in [3.05, 3.63) is 111 Å². The molecule has 1 heterocycles. The Bertz CT molecular complexity index is 1560. The van der Waals surface area contributed by atoms with Gasteiger partial charge in [0.25, 0.3) is 5.69 Å². The van der Waals surface area contributed by atoms with Gasteiger partial charge in [-0.3, -0.25) is 10.1 Å². The lowest BCUT2D eigenvalue weighted by atomic mass is 10.1. The summed E-state index contributed by atoms with van der Waals surface area (Å²) in [5.41, 5.74) is 2.83. The molecule has 0 aliphatic rings. The molecule has 0 saturated carbocycles. The van der Waals surface area contributed by atoms with E-state index in [1.807, 2.05) is 66.7 Å². The molecule has 3 aromatic carbocycles. The number of para-hydroxylation sites is 1. The van der Waals surface area contributed by atoms with Gasteiger partial charge in [0.1, 0.15) is 29.3 Å². The van der Waals surface area contributed by atoms with E-state index in [2.05, 4.69) is 31.9 Å². The Morgan fingerprint density at radius 3 is 2.30 bits per heavy atom. The fourth-order valence-electron chi connectivity index (χ4n) is 3.53. The van der Waals surface area contributed by atoms with Gasteiger partial charge in [-0.2, -0.15) is 10.5 Å². The van der Waals surface area contributed by atoms with Crippen LogP contribution in [0.15, 0.2) is 89.1 Å². The van der Waals surface area contributed by atoms with Crippen molar-refractivity contribution in [3.63, 3.8) is 0 Å². The Morgan fingerprint density at radius 2 is 1.65 bits per heavy atom. The number of pyridine rings is 1. The number of nitriles is 2. The first-order valence-electron chi connectivity index (χ1n) is 11.1. The molecule has 0 radical (unpaired) electrons. The summed E-state index contributed by atoms with van der Waals surface area (Å²) in [5.74, 6) is 0.733. The number of nitro benzene ring substituents is 1. The number of nitro groups is 1. The van der Waals surface area contributed by atoms with Crippen molar-refractivity contribution >= 4 is 34.4 Å². The summed E-state index contributed by atoms with van der Waals surface area (Å²) in [5, 5.41) is 45.4. The minimum absolute atomic E-state index is 0.00258. The molecule has 4 rings (SSSR count). The normalized spacial score (nSPS) is 10.5. The van der Waals surface area contributed by atoms with Gasteiger partial charge in [0, 0.05) is 29.9 Å². The summed E-state index contributed by atoms with van der Waals surface area (Å²) < 4.78 is 0.